The smallest absolute Gasteiger partial charge is 0.167 e. The fourth-order valence-electron chi connectivity index (χ4n) is 2.37. The monoisotopic (exact) mass is 247 g/mol. The standard InChI is InChI=1S/C12H17N5O/c1-4-9-6-18-7-11-14-15-12(17(9)11)10-5-13-16(3)8(10)2/h5,9H,4,6-7H2,1-3H3. The second kappa shape index (κ2) is 4.20. The largest absolute Gasteiger partial charge is 0.371 e. The summed E-state index contributed by atoms with van der Waals surface area (Å²) in [5, 5.41) is 12.8. The maximum Gasteiger partial charge on any atom is 0.167 e. The van der Waals surface area contributed by atoms with Gasteiger partial charge in [-0.15, -0.1) is 10.2 Å². The number of hydrogen-bond donors (Lipinski definition) is 0. The molecule has 3 heterocycles. The molecule has 3 rings (SSSR count). The lowest BCUT2D eigenvalue weighted by Crippen LogP contribution is -2.24. The molecule has 1 aliphatic rings. The SMILES string of the molecule is CCC1COCc2nnc(-c3cnn(C)c3C)n21. The van der Waals surface area contributed by atoms with E-state index < -0.39 is 0 Å². The molecule has 2 aromatic heterocycles. The van der Waals surface area contributed by atoms with Gasteiger partial charge in [-0.1, -0.05) is 6.92 Å². The maximum absolute atomic E-state index is 5.54. The van der Waals surface area contributed by atoms with E-state index in [1.54, 1.807) is 0 Å². The quantitative estimate of drug-likeness (QED) is 0.806. The average molecular weight is 247 g/mol. The van der Waals surface area contributed by atoms with E-state index in [1.807, 2.05) is 24.9 Å². The van der Waals surface area contributed by atoms with Crippen molar-refractivity contribution in [2.75, 3.05) is 6.61 Å². The van der Waals surface area contributed by atoms with E-state index in [9.17, 15) is 0 Å². The van der Waals surface area contributed by atoms with E-state index in [4.69, 9.17) is 4.74 Å². The van der Waals surface area contributed by atoms with Crippen LogP contribution in [-0.4, -0.2) is 31.2 Å². The van der Waals surface area contributed by atoms with Crippen LogP contribution in [0, 0.1) is 6.92 Å². The van der Waals surface area contributed by atoms with Gasteiger partial charge in [-0.3, -0.25) is 4.68 Å². The van der Waals surface area contributed by atoms with E-state index in [0.717, 1.165) is 35.9 Å². The molecule has 18 heavy (non-hydrogen) atoms. The first kappa shape index (κ1) is 11.4. The van der Waals surface area contributed by atoms with Gasteiger partial charge in [0, 0.05) is 12.7 Å². The molecule has 0 spiro atoms. The van der Waals surface area contributed by atoms with Gasteiger partial charge in [-0.25, -0.2) is 0 Å². The molecular weight excluding hydrogens is 230 g/mol. The number of rotatable bonds is 2. The van der Waals surface area contributed by atoms with Crippen molar-refractivity contribution in [2.24, 2.45) is 7.05 Å². The van der Waals surface area contributed by atoms with E-state index >= 15 is 0 Å². The third-order valence-electron chi connectivity index (χ3n) is 3.62. The molecule has 1 atom stereocenters. The highest BCUT2D eigenvalue weighted by atomic mass is 16.5. The van der Waals surface area contributed by atoms with Gasteiger partial charge in [0.2, 0.25) is 0 Å². The van der Waals surface area contributed by atoms with Crippen LogP contribution in [-0.2, 0) is 18.4 Å². The van der Waals surface area contributed by atoms with Crippen molar-refractivity contribution >= 4 is 0 Å². The van der Waals surface area contributed by atoms with Crippen molar-refractivity contribution in [1.82, 2.24) is 24.5 Å². The predicted octanol–water partition coefficient (Wildman–Crippen LogP) is 1.47. The van der Waals surface area contributed by atoms with Crippen molar-refractivity contribution in [3.8, 4) is 11.4 Å². The van der Waals surface area contributed by atoms with Crippen LogP contribution in [0.2, 0.25) is 0 Å². The zero-order valence-electron chi connectivity index (χ0n) is 10.9. The third-order valence-corrected chi connectivity index (χ3v) is 3.62. The molecule has 0 saturated carbocycles. The van der Waals surface area contributed by atoms with Crippen LogP contribution in [0.3, 0.4) is 0 Å². The Hall–Kier alpha value is -1.69. The van der Waals surface area contributed by atoms with Gasteiger partial charge >= 0.3 is 0 Å². The van der Waals surface area contributed by atoms with Crippen LogP contribution in [0.25, 0.3) is 11.4 Å². The summed E-state index contributed by atoms with van der Waals surface area (Å²) in [4.78, 5) is 0. The highest BCUT2D eigenvalue weighted by Gasteiger charge is 2.26. The molecular formula is C12H17N5O. The van der Waals surface area contributed by atoms with Gasteiger partial charge < -0.3 is 9.30 Å². The van der Waals surface area contributed by atoms with Crippen molar-refractivity contribution in [2.45, 2.75) is 32.9 Å². The highest BCUT2D eigenvalue weighted by molar-refractivity contribution is 5.57. The summed E-state index contributed by atoms with van der Waals surface area (Å²) in [6, 6.07) is 0.318. The van der Waals surface area contributed by atoms with Crippen molar-refractivity contribution in [1.29, 1.82) is 0 Å². The topological polar surface area (TPSA) is 57.8 Å². The van der Waals surface area contributed by atoms with Gasteiger partial charge in [0.25, 0.3) is 0 Å². The number of ether oxygens (including phenoxy) is 1. The molecule has 0 aromatic carbocycles. The van der Waals surface area contributed by atoms with Gasteiger partial charge in [-0.05, 0) is 13.3 Å². The minimum atomic E-state index is 0.318. The summed E-state index contributed by atoms with van der Waals surface area (Å²) in [6.07, 6.45) is 2.87. The Balaban J connectivity index is 2.14. The predicted molar refractivity (Wildman–Crippen MR) is 65.9 cm³/mol. The Bertz CT molecular complexity index is 571. The molecule has 6 heteroatoms. The Morgan fingerprint density at radius 2 is 2.28 bits per heavy atom. The second-order valence-corrected chi connectivity index (χ2v) is 4.65. The Morgan fingerprint density at radius 1 is 1.44 bits per heavy atom. The third kappa shape index (κ3) is 1.56. The molecule has 96 valence electrons. The van der Waals surface area contributed by atoms with Crippen LogP contribution in [0.15, 0.2) is 6.20 Å². The fraction of sp³-hybridized carbons (Fsp3) is 0.583. The number of hydrogen-bond acceptors (Lipinski definition) is 4. The van der Waals surface area contributed by atoms with Crippen LogP contribution in [0.1, 0.15) is 30.9 Å². The van der Waals surface area contributed by atoms with E-state index in [-0.39, 0.29) is 0 Å². The molecule has 0 fully saturated rings. The molecule has 2 aromatic rings. The van der Waals surface area contributed by atoms with Gasteiger partial charge in [0.15, 0.2) is 11.6 Å². The van der Waals surface area contributed by atoms with E-state index in [2.05, 4.69) is 26.8 Å². The lowest BCUT2D eigenvalue weighted by atomic mass is 10.2. The first-order valence-electron chi connectivity index (χ1n) is 6.22. The Kier molecular flexibility index (Phi) is 2.66. The Morgan fingerprint density at radius 3 is 2.94 bits per heavy atom. The normalized spacial score (nSPS) is 18.9. The van der Waals surface area contributed by atoms with E-state index in [0.29, 0.717) is 12.6 Å². The first-order valence-corrected chi connectivity index (χ1v) is 6.22. The molecule has 0 bridgehead atoms. The summed E-state index contributed by atoms with van der Waals surface area (Å²) in [7, 11) is 1.94. The molecule has 0 aliphatic carbocycles. The van der Waals surface area contributed by atoms with Crippen molar-refractivity contribution in [3.63, 3.8) is 0 Å². The number of nitrogens with zero attached hydrogens (tertiary/aromatic N) is 5. The zero-order valence-corrected chi connectivity index (χ0v) is 10.9. The zero-order chi connectivity index (χ0) is 12.7. The molecule has 0 radical (unpaired) electrons. The summed E-state index contributed by atoms with van der Waals surface area (Å²) in [6.45, 7) is 5.48. The molecule has 0 saturated heterocycles. The van der Waals surface area contributed by atoms with Gasteiger partial charge in [-0.2, -0.15) is 5.10 Å². The van der Waals surface area contributed by atoms with Gasteiger partial charge in [0.05, 0.1) is 24.4 Å². The minimum Gasteiger partial charge on any atom is -0.371 e. The highest BCUT2D eigenvalue weighted by Crippen LogP contribution is 2.29. The summed E-state index contributed by atoms with van der Waals surface area (Å²) >= 11 is 0. The summed E-state index contributed by atoms with van der Waals surface area (Å²) in [5.41, 5.74) is 2.16. The molecule has 6 nitrogen and oxygen atoms in total. The number of aryl methyl sites for hydroxylation is 1. The average Bonchev–Trinajstić information content (AvgIpc) is 2.94. The number of aromatic nitrogens is 5. The summed E-state index contributed by atoms with van der Waals surface area (Å²) in [5.74, 6) is 1.82. The second-order valence-electron chi connectivity index (χ2n) is 4.65. The van der Waals surface area contributed by atoms with Crippen LogP contribution < -0.4 is 0 Å². The van der Waals surface area contributed by atoms with Crippen LogP contribution >= 0.6 is 0 Å². The maximum atomic E-state index is 5.54. The van der Waals surface area contributed by atoms with Gasteiger partial charge in [0.1, 0.15) is 6.61 Å². The molecule has 0 N–H and O–H groups in total. The first-order chi connectivity index (χ1) is 8.72. The lowest BCUT2D eigenvalue weighted by Gasteiger charge is -2.25. The van der Waals surface area contributed by atoms with Crippen LogP contribution in [0.5, 0.6) is 0 Å². The number of fused-ring (bicyclic) bond motifs is 1. The molecule has 1 aliphatic heterocycles. The summed E-state index contributed by atoms with van der Waals surface area (Å²) < 4.78 is 9.60. The minimum absolute atomic E-state index is 0.318. The fourth-order valence-corrected chi connectivity index (χ4v) is 2.37. The van der Waals surface area contributed by atoms with Crippen molar-refractivity contribution < 1.29 is 4.74 Å². The van der Waals surface area contributed by atoms with Crippen LogP contribution in [0.4, 0.5) is 0 Å². The van der Waals surface area contributed by atoms with Crippen molar-refractivity contribution in [3.05, 3.63) is 17.7 Å². The lowest BCUT2D eigenvalue weighted by molar-refractivity contribution is 0.0542. The Labute approximate surface area is 106 Å². The molecule has 1 unspecified atom stereocenters. The molecule has 0 amide bonds. The van der Waals surface area contributed by atoms with E-state index in [1.165, 1.54) is 0 Å².